The van der Waals surface area contributed by atoms with Gasteiger partial charge in [0.1, 0.15) is 5.75 Å². The van der Waals surface area contributed by atoms with Gasteiger partial charge in [-0.15, -0.1) is 0 Å². The van der Waals surface area contributed by atoms with E-state index in [2.05, 4.69) is 34.0 Å². The Labute approximate surface area is 159 Å². The average Bonchev–Trinajstić information content (AvgIpc) is 2.69. The second-order valence-electron chi connectivity index (χ2n) is 7.37. The van der Waals surface area contributed by atoms with Crippen molar-refractivity contribution in [2.45, 2.75) is 44.4 Å². The van der Waals surface area contributed by atoms with Crippen molar-refractivity contribution in [1.29, 1.82) is 0 Å². The van der Waals surface area contributed by atoms with Crippen LogP contribution in [0.15, 0.2) is 59.8 Å². The normalized spacial score (nSPS) is 20.1. The lowest BCUT2D eigenvalue weighted by Crippen LogP contribution is -2.37. The Morgan fingerprint density at radius 2 is 1.89 bits per heavy atom. The molecule has 0 unspecified atom stereocenters. The highest BCUT2D eigenvalue weighted by atomic mass is 16.5. The first-order valence-electron chi connectivity index (χ1n) is 9.56. The summed E-state index contributed by atoms with van der Waals surface area (Å²) in [6.07, 6.45) is 10.0. The number of rotatable bonds is 5. The molecule has 140 valence electrons. The molecule has 27 heavy (non-hydrogen) atoms. The van der Waals surface area contributed by atoms with E-state index in [4.69, 9.17) is 4.74 Å². The highest BCUT2D eigenvalue weighted by Crippen LogP contribution is 2.28. The smallest absolute Gasteiger partial charge is 0.255 e. The van der Waals surface area contributed by atoms with E-state index in [1.54, 1.807) is 6.20 Å². The SMILES string of the molecule is CN(Cc1ccncc1)C1CCC(Oc2ccc3c(=O)[nH]ccc3c2)CC1. The van der Waals surface area contributed by atoms with Crippen molar-refractivity contribution in [3.05, 3.63) is 70.9 Å². The quantitative estimate of drug-likeness (QED) is 0.750. The van der Waals surface area contributed by atoms with Crippen LogP contribution in [0.1, 0.15) is 31.2 Å². The zero-order valence-corrected chi connectivity index (χ0v) is 15.6. The molecule has 5 heteroatoms. The highest BCUT2D eigenvalue weighted by Gasteiger charge is 2.25. The standard InChI is InChI=1S/C22H25N3O2/c1-25(15-16-8-11-23-12-9-16)18-2-4-19(5-3-18)27-20-6-7-21-17(14-20)10-13-24-22(21)26/h6-14,18-19H,2-5,15H2,1H3,(H,24,26). The second-order valence-corrected chi connectivity index (χ2v) is 7.37. The number of benzene rings is 1. The van der Waals surface area contributed by atoms with Crippen molar-refractivity contribution in [2.24, 2.45) is 0 Å². The molecule has 0 radical (unpaired) electrons. The average molecular weight is 363 g/mol. The Morgan fingerprint density at radius 3 is 2.67 bits per heavy atom. The van der Waals surface area contributed by atoms with E-state index in [-0.39, 0.29) is 11.7 Å². The van der Waals surface area contributed by atoms with Crippen LogP contribution < -0.4 is 10.3 Å². The molecule has 2 aromatic heterocycles. The fraction of sp³-hybridized carbons (Fsp3) is 0.364. The van der Waals surface area contributed by atoms with Crippen LogP contribution in [0.2, 0.25) is 0 Å². The Balaban J connectivity index is 1.33. The molecule has 1 aliphatic rings. The van der Waals surface area contributed by atoms with Gasteiger partial charge in [-0.2, -0.15) is 0 Å². The minimum Gasteiger partial charge on any atom is -0.490 e. The molecule has 0 saturated heterocycles. The van der Waals surface area contributed by atoms with Crippen molar-refractivity contribution < 1.29 is 4.74 Å². The minimum absolute atomic E-state index is 0.0585. The molecule has 1 fully saturated rings. The van der Waals surface area contributed by atoms with Gasteiger partial charge >= 0.3 is 0 Å². The van der Waals surface area contributed by atoms with E-state index < -0.39 is 0 Å². The van der Waals surface area contributed by atoms with E-state index >= 15 is 0 Å². The third kappa shape index (κ3) is 4.19. The zero-order chi connectivity index (χ0) is 18.6. The number of nitrogens with one attached hydrogen (secondary N) is 1. The van der Waals surface area contributed by atoms with Gasteiger partial charge < -0.3 is 9.72 Å². The summed E-state index contributed by atoms with van der Waals surface area (Å²) >= 11 is 0. The van der Waals surface area contributed by atoms with E-state index in [0.717, 1.165) is 43.4 Å². The number of nitrogens with zero attached hydrogens (tertiary/aromatic N) is 2. The zero-order valence-electron chi connectivity index (χ0n) is 15.6. The Hall–Kier alpha value is -2.66. The van der Waals surface area contributed by atoms with Crippen molar-refractivity contribution in [2.75, 3.05) is 7.05 Å². The van der Waals surface area contributed by atoms with Gasteiger partial charge in [0.05, 0.1) is 6.10 Å². The molecule has 0 amide bonds. The maximum atomic E-state index is 11.8. The van der Waals surface area contributed by atoms with E-state index in [9.17, 15) is 4.79 Å². The molecule has 5 nitrogen and oxygen atoms in total. The van der Waals surface area contributed by atoms with E-state index in [1.165, 1.54) is 5.56 Å². The number of hydrogen-bond acceptors (Lipinski definition) is 4. The topological polar surface area (TPSA) is 58.2 Å². The summed E-state index contributed by atoms with van der Waals surface area (Å²) in [7, 11) is 2.20. The third-order valence-corrected chi connectivity index (χ3v) is 5.50. The van der Waals surface area contributed by atoms with Crippen LogP contribution in [0.5, 0.6) is 5.75 Å². The van der Waals surface area contributed by atoms with Gasteiger partial charge in [0.2, 0.25) is 0 Å². The summed E-state index contributed by atoms with van der Waals surface area (Å²) in [5, 5.41) is 1.62. The predicted molar refractivity (Wildman–Crippen MR) is 107 cm³/mol. The van der Waals surface area contributed by atoms with Crippen LogP contribution >= 0.6 is 0 Å². The van der Waals surface area contributed by atoms with Crippen molar-refractivity contribution in [3.63, 3.8) is 0 Å². The van der Waals surface area contributed by atoms with E-state index in [1.807, 2.05) is 36.7 Å². The van der Waals surface area contributed by atoms with Crippen LogP contribution in [-0.2, 0) is 6.54 Å². The van der Waals surface area contributed by atoms with Crippen LogP contribution in [0.25, 0.3) is 10.8 Å². The van der Waals surface area contributed by atoms with Gasteiger partial charge in [0.15, 0.2) is 0 Å². The van der Waals surface area contributed by atoms with Crippen molar-refractivity contribution >= 4 is 10.8 Å². The largest absolute Gasteiger partial charge is 0.490 e. The minimum atomic E-state index is -0.0585. The van der Waals surface area contributed by atoms with Gasteiger partial charge in [-0.3, -0.25) is 14.7 Å². The lowest BCUT2D eigenvalue weighted by molar-refractivity contribution is 0.0979. The van der Waals surface area contributed by atoms with Gasteiger partial charge in [-0.25, -0.2) is 0 Å². The van der Waals surface area contributed by atoms with Gasteiger partial charge in [0.25, 0.3) is 5.56 Å². The molecule has 1 saturated carbocycles. The van der Waals surface area contributed by atoms with Gasteiger partial charge in [0, 0.05) is 36.6 Å². The number of aromatic amines is 1. The summed E-state index contributed by atoms with van der Waals surface area (Å²) in [5.41, 5.74) is 1.24. The Morgan fingerprint density at radius 1 is 1.11 bits per heavy atom. The van der Waals surface area contributed by atoms with Crippen LogP contribution in [0, 0.1) is 0 Å². The molecule has 1 aliphatic carbocycles. The summed E-state index contributed by atoms with van der Waals surface area (Å²) in [4.78, 5) is 21.0. The maximum Gasteiger partial charge on any atom is 0.255 e. The molecule has 0 spiro atoms. The van der Waals surface area contributed by atoms with Crippen LogP contribution in [-0.4, -0.2) is 34.1 Å². The number of ether oxygens (including phenoxy) is 1. The summed E-state index contributed by atoms with van der Waals surface area (Å²) < 4.78 is 6.21. The molecular weight excluding hydrogens is 338 g/mol. The molecule has 1 N–H and O–H groups in total. The fourth-order valence-electron chi connectivity index (χ4n) is 3.95. The van der Waals surface area contributed by atoms with Crippen LogP contribution in [0.3, 0.4) is 0 Å². The second kappa shape index (κ2) is 7.92. The number of pyridine rings is 2. The summed E-state index contributed by atoms with van der Waals surface area (Å²) in [6, 6.07) is 12.4. The summed E-state index contributed by atoms with van der Waals surface area (Å²) in [5.74, 6) is 0.849. The highest BCUT2D eigenvalue weighted by molar-refractivity contribution is 5.82. The maximum absolute atomic E-state index is 11.8. The van der Waals surface area contributed by atoms with Crippen molar-refractivity contribution in [3.8, 4) is 5.75 Å². The Bertz CT molecular complexity index is 946. The Kier molecular flexibility index (Phi) is 5.21. The molecule has 0 bridgehead atoms. The van der Waals surface area contributed by atoms with Gasteiger partial charge in [-0.1, -0.05) is 0 Å². The number of hydrogen-bond donors (Lipinski definition) is 1. The fourth-order valence-corrected chi connectivity index (χ4v) is 3.95. The lowest BCUT2D eigenvalue weighted by atomic mass is 9.91. The molecule has 3 aromatic rings. The molecule has 0 aliphatic heterocycles. The number of H-pyrrole nitrogens is 1. The summed E-state index contributed by atoms with van der Waals surface area (Å²) in [6.45, 7) is 0.956. The first-order chi connectivity index (χ1) is 13.2. The molecular formula is C22H25N3O2. The molecule has 0 atom stereocenters. The first kappa shape index (κ1) is 17.7. The van der Waals surface area contributed by atoms with E-state index in [0.29, 0.717) is 11.4 Å². The molecule has 2 heterocycles. The molecule has 4 rings (SSSR count). The third-order valence-electron chi connectivity index (χ3n) is 5.50. The van der Waals surface area contributed by atoms with Crippen LogP contribution in [0.4, 0.5) is 0 Å². The monoisotopic (exact) mass is 363 g/mol. The van der Waals surface area contributed by atoms with Crippen molar-refractivity contribution in [1.82, 2.24) is 14.9 Å². The number of fused-ring (bicyclic) bond motifs is 1. The van der Waals surface area contributed by atoms with Gasteiger partial charge in [-0.05, 0) is 80.1 Å². The predicted octanol–water partition coefficient (Wildman–Crippen LogP) is 3.75. The first-order valence-corrected chi connectivity index (χ1v) is 9.56. The molecule has 1 aromatic carbocycles. The lowest BCUT2D eigenvalue weighted by Gasteiger charge is -2.34. The number of aromatic nitrogens is 2.